The summed E-state index contributed by atoms with van der Waals surface area (Å²) < 4.78 is 5.69. The van der Waals surface area contributed by atoms with Gasteiger partial charge in [-0.2, -0.15) is 0 Å². The first kappa shape index (κ1) is 13.1. The Kier molecular flexibility index (Phi) is 4.34. The maximum atomic E-state index is 9.19. The highest BCUT2D eigenvalue weighted by Gasteiger charge is 2.07. The lowest BCUT2D eigenvalue weighted by molar-refractivity contribution is 0.304. The van der Waals surface area contributed by atoms with Gasteiger partial charge in [-0.3, -0.25) is 0 Å². The number of hydrogen-bond acceptors (Lipinski definition) is 2. The van der Waals surface area contributed by atoms with Crippen molar-refractivity contribution in [3.63, 3.8) is 0 Å². The molecule has 0 aliphatic rings. The molecular formula is C14H12Cl2O2. The van der Waals surface area contributed by atoms with Crippen LogP contribution in [0.3, 0.4) is 0 Å². The lowest BCUT2D eigenvalue weighted by Gasteiger charge is -2.11. The van der Waals surface area contributed by atoms with Crippen LogP contribution >= 0.6 is 23.2 Å². The number of aromatic hydroxyl groups is 1. The number of para-hydroxylation sites is 1. The molecule has 0 saturated heterocycles. The third-order valence-corrected chi connectivity index (χ3v) is 3.10. The molecule has 2 aromatic carbocycles. The topological polar surface area (TPSA) is 29.5 Å². The number of ether oxygens (including phenoxy) is 1. The van der Waals surface area contributed by atoms with Crippen LogP contribution in [0.5, 0.6) is 11.5 Å². The van der Waals surface area contributed by atoms with Crippen molar-refractivity contribution in [3.8, 4) is 11.5 Å². The third-order valence-electron chi connectivity index (χ3n) is 2.51. The molecule has 4 heteroatoms. The SMILES string of the molecule is Oc1ccc(COc2c(Cl)cccc2CCl)cc1. The molecule has 0 spiro atoms. The van der Waals surface area contributed by atoms with Crippen molar-refractivity contribution in [2.45, 2.75) is 12.5 Å². The molecule has 0 saturated carbocycles. The highest BCUT2D eigenvalue weighted by molar-refractivity contribution is 6.32. The van der Waals surface area contributed by atoms with Crippen LogP contribution in [-0.2, 0) is 12.5 Å². The Morgan fingerprint density at radius 3 is 2.44 bits per heavy atom. The van der Waals surface area contributed by atoms with Crippen LogP contribution in [0.2, 0.25) is 5.02 Å². The standard InChI is InChI=1S/C14H12Cl2O2/c15-8-11-2-1-3-13(16)14(11)18-9-10-4-6-12(17)7-5-10/h1-7,17H,8-9H2. The second-order valence-corrected chi connectivity index (χ2v) is 4.49. The van der Waals surface area contributed by atoms with Gasteiger partial charge in [0.1, 0.15) is 18.1 Å². The molecule has 18 heavy (non-hydrogen) atoms. The van der Waals surface area contributed by atoms with Crippen LogP contribution < -0.4 is 4.74 Å². The van der Waals surface area contributed by atoms with Gasteiger partial charge in [0.15, 0.2) is 0 Å². The molecule has 2 aromatic rings. The Balaban J connectivity index is 2.12. The van der Waals surface area contributed by atoms with E-state index in [0.29, 0.717) is 23.3 Å². The van der Waals surface area contributed by atoms with Crippen LogP contribution in [0.1, 0.15) is 11.1 Å². The van der Waals surface area contributed by atoms with Crippen LogP contribution in [-0.4, -0.2) is 5.11 Å². The number of halogens is 2. The minimum Gasteiger partial charge on any atom is -0.508 e. The number of hydrogen-bond donors (Lipinski definition) is 1. The third kappa shape index (κ3) is 3.09. The van der Waals surface area contributed by atoms with Crippen molar-refractivity contribution in [1.29, 1.82) is 0 Å². The number of benzene rings is 2. The predicted molar refractivity (Wildman–Crippen MR) is 73.4 cm³/mol. The minimum absolute atomic E-state index is 0.234. The molecular weight excluding hydrogens is 271 g/mol. The summed E-state index contributed by atoms with van der Waals surface area (Å²) in [5, 5.41) is 9.74. The number of phenols is 1. The summed E-state index contributed by atoms with van der Waals surface area (Å²) in [7, 11) is 0. The molecule has 2 nitrogen and oxygen atoms in total. The summed E-state index contributed by atoms with van der Waals surface area (Å²) in [5.41, 5.74) is 1.82. The van der Waals surface area contributed by atoms with E-state index >= 15 is 0 Å². The average molecular weight is 283 g/mol. The fourth-order valence-electron chi connectivity index (χ4n) is 1.57. The number of rotatable bonds is 4. The van der Waals surface area contributed by atoms with E-state index < -0.39 is 0 Å². The Morgan fingerprint density at radius 2 is 1.78 bits per heavy atom. The summed E-state index contributed by atoms with van der Waals surface area (Å²) in [5.74, 6) is 1.20. The highest BCUT2D eigenvalue weighted by Crippen LogP contribution is 2.30. The Morgan fingerprint density at radius 1 is 1.06 bits per heavy atom. The summed E-state index contributed by atoms with van der Waals surface area (Å²) in [6, 6.07) is 12.3. The van der Waals surface area contributed by atoms with Gasteiger partial charge in [-0.1, -0.05) is 35.9 Å². The maximum Gasteiger partial charge on any atom is 0.142 e. The Hall–Kier alpha value is -1.38. The van der Waals surface area contributed by atoms with E-state index in [4.69, 9.17) is 27.9 Å². The molecule has 0 aliphatic heterocycles. The first-order valence-corrected chi connectivity index (χ1v) is 6.36. The fraction of sp³-hybridized carbons (Fsp3) is 0.143. The average Bonchev–Trinajstić information content (AvgIpc) is 2.39. The molecule has 0 fully saturated rings. The highest BCUT2D eigenvalue weighted by atomic mass is 35.5. The van der Waals surface area contributed by atoms with Gasteiger partial charge in [0.05, 0.1) is 10.9 Å². The van der Waals surface area contributed by atoms with Gasteiger partial charge in [-0.15, -0.1) is 11.6 Å². The molecule has 0 aliphatic carbocycles. The largest absolute Gasteiger partial charge is 0.508 e. The Bertz CT molecular complexity index is 524. The number of alkyl halides is 1. The zero-order valence-corrected chi connectivity index (χ0v) is 11.1. The molecule has 0 heterocycles. The normalized spacial score (nSPS) is 10.3. The number of phenolic OH excluding ortho intramolecular Hbond substituents is 1. The van der Waals surface area contributed by atoms with E-state index in [1.54, 1.807) is 30.3 Å². The van der Waals surface area contributed by atoms with Crippen molar-refractivity contribution < 1.29 is 9.84 Å². The van der Waals surface area contributed by atoms with Gasteiger partial charge in [-0.25, -0.2) is 0 Å². The van der Waals surface area contributed by atoms with Gasteiger partial charge in [0.2, 0.25) is 0 Å². The van der Waals surface area contributed by atoms with Crippen molar-refractivity contribution in [2.24, 2.45) is 0 Å². The van der Waals surface area contributed by atoms with E-state index in [9.17, 15) is 5.11 Å². The quantitative estimate of drug-likeness (QED) is 0.844. The molecule has 0 atom stereocenters. The fourth-order valence-corrected chi connectivity index (χ4v) is 2.03. The molecule has 94 valence electrons. The van der Waals surface area contributed by atoms with Gasteiger partial charge < -0.3 is 9.84 Å². The summed E-state index contributed by atoms with van der Waals surface area (Å²) in [6.07, 6.45) is 0. The molecule has 0 unspecified atom stereocenters. The van der Waals surface area contributed by atoms with Crippen molar-refractivity contribution in [2.75, 3.05) is 0 Å². The first-order valence-electron chi connectivity index (χ1n) is 5.45. The monoisotopic (exact) mass is 282 g/mol. The van der Waals surface area contributed by atoms with Gasteiger partial charge >= 0.3 is 0 Å². The summed E-state index contributed by atoms with van der Waals surface area (Å²) in [6.45, 7) is 0.383. The predicted octanol–water partition coefficient (Wildman–Crippen LogP) is 4.36. The second kappa shape index (κ2) is 5.98. The Labute approximate surface area is 116 Å². The van der Waals surface area contributed by atoms with Gasteiger partial charge in [0.25, 0.3) is 0 Å². The zero-order valence-electron chi connectivity index (χ0n) is 9.57. The molecule has 1 N–H and O–H groups in total. The van der Waals surface area contributed by atoms with E-state index in [1.807, 2.05) is 12.1 Å². The van der Waals surface area contributed by atoms with Gasteiger partial charge in [-0.05, 0) is 23.8 Å². The van der Waals surface area contributed by atoms with Crippen molar-refractivity contribution in [3.05, 3.63) is 58.6 Å². The molecule has 0 aromatic heterocycles. The van der Waals surface area contributed by atoms with Crippen LogP contribution in [0.15, 0.2) is 42.5 Å². The van der Waals surface area contributed by atoms with E-state index in [0.717, 1.165) is 11.1 Å². The molecule has 0 amide bonds. The van der Waals surface area contributed by atoms with E-state index in [2.05, 4.69) is 0 Å². The first-order chi connectivity index (χ1) is 8.70. The lowest BCUT2D eigenvalue weighted by atomic mass is 10.2. The van der Waals surface area contributed by atoms with Gasteiger partial charge in [0, 0.05) is 5.56 Å². The molecule has 0 radical (unpaired) electrons. The van der Waals surface area contributed by atoms with Crippen LogP contribution in [0, 0.1) is 0 Å². The molecule has 2 rings (SSSR count). The van der Waals surface area contributed by atoms with Crippen molar-refractivity contribution >= 4 is 23.2 Å². The zero-order chi connectivity index (χ0) is 13.0. The van der Waals surface area contributed by atoms with E-state index in [-0.39, 0.29) is 5.75 Å². The summed E-state index contributed by atoms with van der Waals surface area (Å²) in [4.78, 5) is 0. The van der Waals surface area contributed by atoms with Crippen LogP contribution in [0.4, 0.5) is 0 Å². The molecule has 0 bridgehead atoms. The van der Waals surface area contributed by atoms with Crippen LogP contribution in [0.25, 0.3) is 0 Å². The smallest absolute Gasteiger partial charge is 0.142 e. The van der Waals surface area contributed by atoms with E-state index in [1.165, 1.54) is 0 Å². The maximum absolute atomic E-state index is 9.19. The van der Waals surface area contributed by atoms with Crippen molar-refractivity contribution in [1.82, 2.24) is 0 Å². The minimum atomic E-state index is 0.234. The lowest BCUT2D eigenvalue weighted by Crippen LogP contribution is -1.98. The second-order valence-electron chi connectivity index (χ2n) is 3.82. The summed E-state index contributed by atoms with van der Waals surface area (Å²) >= 11 is 11.9.